The van der Waals surface area contributed by atoms with E-state index in [4.69, 9.17) is 5.11 Å². The Kier molecular flexibility index (Phi) is 5.48. The summed E-state index contributed by atoms with van der Waals surface area (Å²) in [4.78, 5) is 10.2. The molecular weight excluding hydrogens is 204 g/mol. The van der Waals surface area contributed by atoms with Gasteiger partial charge >= 0.3 is 5.97 Å². The van der Waals surface area contributed by atoms with Crippen LogP contribution in [0, 0.1) is 0 Å². The Balaban J connectivity index is 0.000000212. The molecule has 0 radical (unpaired) electrons. The van der Waals surface area contributed by atoms with Crippen LogP contribution in [0.4, 0.5) is 0 Å². The molecule has 0 saturated carbocycles. The van der Waals surface area contributed by atoms with Gasteiger partial charge in [0.05, 0.1) is 12.5 Å². The average Bonchev–Trinajstić information content (AvgIpc) is 2.86. The summed E-state index contributed by atoms with van der Waals surface area (Å²) in [6, 6.07) is 13.3. The molecule has 0 aliphatic carbocycles. The summed E-state index contributed by atoms with van der Waals surface area (Å²) in [5.74, 6) is -0.742. The van der Waals surface area contributed by atoms with Gasteiger partial charge in [-0.25, -0.2) is 0 Å². The average molecular weight is 218 g/mol. The van der Waals surface area contributed by atoms with Gasteiger partial charge in [0.1, 0.15) is 0 Å². The van der Waals surface area contributed by atoms with Gasteiger partial charge in [-0.3, -0.25) is 4.79 Å². The van der Waals surface area contributed by atoms with Crippen LogP contribution in [0.3, 0.4) is 0 Å². The first-order chi connectivity index (χ1) is 7.79. The Morgan fingerprint density at radius 2 is 1.69 bits per heavy atom. The Labute approximate surface area is 94.3 Å². The predicted octanol–water partition coefficient (Wildman–Crippen LogP) is 2.98. The highest BCUT2D eigenvalue weighted by Crippen LogP contribution is 2.01. The van der Waals surface area contributed by atoms with Crippen LogP contribution in [0.1, 0.15) is 12.0 Å². The van der Waals surface area contributed by atoms with Crippen molar-refractivity contribution in [3.63, 3.8) is 0 Å². The molecule has 84 valence electrons. The first-order valence-corrected chi connectivity index (χ1v) is 5.02. The molecule has 1 N–H and O–H groups in total. The van der Waals surface area contributed by atoms with E-state index in [0.29, 0.717) is 6.42 Å². The molecule has 3 nitrogen and oxygen atoms in total. The third kappa shape index (κ3) is 5.65. The fraction of sp³-hybridized carbons (Fsp3) is 0.154. The first kappa shape index (κ1) is 12.0. The molecule has 1 aromatic heterocycles. The molecule has 0 saturated heterocycles. The maximum atomic E-state index is 10.2. The van der Waals surface area contributed by atoms with Gasteiger partial charge in [-0.1, -0.05) is 30.3 Å². The molecule has 0 amide bonds. The number of carboxylic acid groups (broad SMARTS) is 1. The third-order valence-electron chi connectivity index (χ3n) is 1.90. The van der Waals surface area contributed by atoms with Gasteiger partial charge in [-0.2, -0.15) is 0 Å². The largest absolute Gasteiger partial charge is 0.481 e. The minimum absolute atomic E-state index is 0.212. The summed E-state index contributed by atoms with van der Waals surface area (Å²) in [5.41, 5.74) is 1.08. The molecule has 1 aromatic carbocycles. The number of carboxylic acids is 1. The number of hydrogen-bond donors (Lipinski definition) is 1. The predicted molar refractivity (Wildman–Crippen MR) is 61.1 cm³/mol. The standard InChI is InChI=1S/C9H10O2.C4H4O/c10-9(11)7-6-8-4-2-1-3-5-8;1-2-4-5-3-1/h1-5H,6-7H2,(H,10,11);1-4H. The van der Waals surface area contributed by atoms with Crippen LogP contribution in [0.5, 0.6) is 0 Å². The molecule has 2 rings (SSSR count). The molecular formula is C13H14O3. The van der Waals surface area contributed by atoms with Gasteiger partial charge in [0.25, 0.3) is 0 Å². The van der Waals surface area contributed by atoms with E-state index in [-0.39, 0.29) is 6.42 Å². The highest BCUT2D eigenvalue weighted by molar-refractivity contribution is 5.67. The maximum absolute atomic E-state index is 10.2. The molecule has 0 unspecified atom stereocenters. The first-order valence-electron chi connectivity index (χ1n) is 5.02. The van der Waals surface area contributed by atoms with Gasteiger partial charge in [-0.15, -0.1) is 0 Å². The van der Waals surface area contributed by atoms with Crippen LogP contribution in [-0.4, -0.2) is 11.1 Å². The lowest BCUT2D eigenvalue weighted by molar-refractivity contribution is -0.136. The SMILES string of the molecule is O=C(O)CCc1ccccc1.c1ccoc1. The molecule has 1 heterocycles. The fourth-order valence-corrected chi connectivity index (χ4v) is 1.12. The number of rotatable bonds is 3. The molecule has 0 bridgehead atoms. The maximum Gasteiger partial charge on any atom is 0.303 e. The Morgan fingerprint density at radius 1 is 1.06 bits per heavy atom. The number of carbonyl (C=O) groups is 1. The van der Waals surface area contributed by atoms with E-state index in [2.05, 4.69) is 4.42 Å². The van der Waals surface area contributed by atoms with Crippen molar-refractivity contribution in [2.75, 3.05) is 0 Å². The van der Waals surface area contributed by atoms with Crippen molar-refractivity contribution in [1.29, 1.82) is 0 Å². The van der Waals surface area contributed by atoms with Gasteiger partial charge < -0.3 is 9.52 Å². The number of furan rings is 1. The zero-order valence-electron chi connectivity index (χ0n) is 8.87. The summed E-state index contributed by atoms with van der Waals surface area (Å²) in [6.07, 6.45) is 4.08. The Hall–Kier alpha value is -2.03. The van der Waals surface area contributed by atoms with Crippen LogP contribution >= 0.6 is 0 Å². The molecule has 0 aliphatic rings. The van der Waals surface area contributed by atoms with Crippen molar-refractivity contribution in [3.05, 3.63) is 60.6 Å². The van der Waals surface area contributed by atoms with Gasteiger partial charge in [-0.05, 0) is 24.1 Å². The molecule has 3 heteroatoms. The molecule has 0 spiro atoms. The molecule has 16 heavy (non-hydrogen) atoms. The third-order valence-corrected chi connectivity index (χ3v) is 1.90. The van der Waals surface area contributed by atoms with E-state index in [9.17, 15) is 4.79 Å². The fourth-order valence-electron chi connectivity index (χ4n) is 1.12. The van der Waals surface area contributed by atoms with Crippen LogP contribution in [-0.2, 0) is 11.2 Å². The van der Waals surface area contributed by atoms with Crippen molar-refractivity contribution in [3.8, 4) is 0 Å². The van der Waals surface area contributed by atoms with E-state index < -0.39 is 5.97 Å². The number of hydrogen-bond acceptors (Lipinski definition) is 2. The monoisotopic (exact) mass is 218 g/mol. The van der Waals surface area contributed by atoms with Crippen molar-refractivity contribution < 1.29 is 14.3 Å². The topological polar surface area (TPSA) is 50.4 Å². The summed E-state index contributed by atoms with van der Waals surface area (Å²) in [5, 5.41) is 8.37. The zero-order valence-corrected chi connectivity index (χ0v) is 8.87. The number of aryl methyl sites for hydroxylation is 1. The van der Waals surface area contributed by atoms with Crippen LogP contribution in [0.15, 0.2) is 59.4 Å². The van der Waals surface area contributed by atoms with Gasteiger partial charge in [0.2, 0.25) is 0 Å². The molecule has 0 atom stereocenters. The summed E-state index contributed by atoms with van der Waals surface area (Å²) in [6.45, 7) is 0. The van der Waals surface area contributed by atoms with E-state index in [0.717, 1.165) is 5.56 Å². The van der Waals surface area contributed by atoms with Crippen molar-refractivity contribution in [2.24, 2.45) is 0 Å². The van der Waals surface area contributed by atoms with Gasteiger partial charge in [0.15, 0.2) is 0 Å². The van der Waals surface area contributed by atoms with Crippen LogP contribution in [0.2, 0.25) is 0 Å². The minimum Gasteiger partial charge on any atom is -0.481 e. The Bertz CT molecular complexity index is 362. The highest BCUT2D eigenvalue weighted by atomic mass is 16.4. The second-order valence-corrected chi connectivity index (χ2v) is 3.17. The zero-order chi connectivity index (χ0) is 11.6. The van der Waals surface area contributed by atoms with Crippen LogP contribution in [0.25, 0.3) is 0 Å². The van der Waals surface area contributed by atoms with Gasteiger partial charge in [0, 0.05) is 6.42 Å². The lowest BCUT2D eigenvalue weighted by atomic mass is 10.1. The quantitative estimate of drug-likeness (QED) is 0.861. The van der Waals surface area contributed by atoms with Crippen molar-refractivity contribution in [2.45, 2.75) is 12.8 Å². The Morgan fingerprint density at radius 3 is 2.12 bits per heavy atom. The summed E-state index contributed by atoms with van der Waals surface area (Å²) >= 11 is 0. The van der Waals surface area contributed by atoms with E-state index in [1.165, 1.54) is 0 Å². The number of benzene rings is 1. The lowest BCUT2D eigenvalue weighted by Gasteiger charge is -1.95. The van der Waals surface area contributed by atoms with Crippen molar-refractivity contribution in [1.82, 2.24) is 0 Å². The summed E-state index contributed by atoms with van der Waals surface area (Å²) in [7, 11) is 0. The summed E-state index contributed by atoms with van der Waals surface area (Å²) < 4.78 is 4.58. The molecule has 0 aliphatic heterocycles. The highest BCUT2D eigenvalue weighted by Gasteiger charge is 1.96. The lowest BCUT2D eigenvalue weighted by Crippen LogP contribution is -1.96. The molecule has 2 aromatic rings. The molecule has 0 fully saturated rings. The minimum atomic E-state index is -0.742. The van der Waals surface area contributed by atoms with E-state index in [1.807, 2.05) is 42.5 Å². The van der Waals surface area contributed by atoms with E-state index >= 15 is 0 Å². The van der Waals surface area contributed by atoms with E-state index in [1.54, 1.807) is 12.5 Å². The van der Waals surface area contributed by atoms with Crippen molar-refractivity contribution >= 4 is 5.97 Å². The van der Waals surface area contributed by atoms with Crippen LogP contribution < -0.4 is 0 Å². The second-order valence-electron chi connectivity index (χ2n) is 3.17. The number of aliphatic carboxylic acids is 1. The second kappa shape index (κ2) is 7.29. The normalized spacial score (nSPS) is 9.00. The smallest absolute Gasteiger partial charge is 0.303 e.